The summed E-state index contributed by atoms with van der Waals surface area (Å²) >= 11 is 0. The molecule has 2 aromatic carbocycles. The molecule has 4 nitrogen and oxygen atoms in total. The predicted octanol–water partition coefficient (Wildman–Crippen LogP) is 3.19. The van der Waals surface area contributed by atoms with E-state index in [0.29, 0.717) is 17.1 Å². The van der Waals surface area contributed by atoms with Crippen molar-refractivity contribution < 1.29 is 19.0 Å². The van der Waals surface area contributed by atoms with Crippen molar-refractivity contribution in [3.8, 4) is 28.4 Å². The van der Waals surface area contributed by atoms with Crippen molar-refractivity contribution in [2.45, 2.75) is 0 Å². The van der Waals surface area contributed by atoms with E-state index in [1.54, 1.807) is 26.4 Å². The first-order valence-corrected chi connectivity index (χ1v) is 6.09. The van der Waals surface area contributed by atoms with E-state index in [1.807, 2.05) is 24.3 Å². The van der Waals surface area contributed by atoms with Crippen LogP contribution in [-0.4, -0.2) is 27.6 Å². The summed E-state index contributed by atoms with van der Waals surface area (Å²) in [6.45, 7) is 0. The molecular formula is C16H16O4. The van der Waals surface area contributed by atoms with Gasteiger partial charge in [-0.25, -0.2) is 0 Å². The number of ether oxygens (including phenoxy) is 3. The summed E-state index contributed by atoms with van der Waals surface area (Å²) < 4.78 is 15.7. The Morgan fingerprint density at radius 2 is 1.55 bits per heavy atom. The molecule has 0 aliphatic heterocycles. The van der Waals surface area contributed by atoms with Gasteiger partial charge in [-0.2, -0.15) is 0 Å². The van der Waals surface area contributed by atoms with Crippen LogP contribution in [0.25, 0.3) is 11.1 Å². The van der Waals surface area contributed by atoms with Gasteiger partial charge in [-0.3, -0.25) is 4.79 Å². The standard InChI is InChI=1S/C16H16O4/c1-18-13-5-7-16(20-3)14(9-13)11-4-6-15(19-2)12(8-11)10-17/h4-10H,1-3H3. The van der Waals surface area contributed by atoms with E-state index in [1.165, 1.54) is 7.11 Å². The minimum absolute atomic E-state index is 0.495. The van der Waals surface area contributed by atoms with E-state index in [9.17, 15) is 4.79 Å². The number of hydrogen-bond acceptors (Lipinski definition) is 4. The van der Waals surface area contributed by atoms with Crippen molar-refractivity contribution in [3.63, 3.8) is 0 Å². The highest BCUT2D eigenvalue weighted by atomic mass is 16.5. The van der Waals surface area contributed by atoms with Crippen molar-refractivity contribution in [3.05, 3.63) is 42.0 Å². The summed E-state index contributed by atoms with van der Waals surface area (Å²) in [5, 5.41) is 0. The molecule has 4 heteroatoms. The molecule has 0 radical (unpaired) electrons. The average molecular weight is 272 g/mol. The quantitative estimate of drug-likeness (QED) is 0.784. The van der Waals surface area contributed by atoms with Gasteiger partial charge in [0, 0.05) is 5.56 Å². The zero-order valence-corrected chi connectivity index (χ0v) is 11.7. The van der Waals surface area contributed by atoms with Crippen LogP contribution in [0.15, 0.2) is 36.4 Å². The summed E-state index contributed by atoms with van der Waals surface area (Å²) in [6.07, 6.45) is 0.773. The number of methoxy groups -OCH3 is 3. The monoisotopic (exact) mass is 272 g/mol. The molecule has 0 atom stereocenters. The third-order valence-corrected chi connectivity index (χ3v) is 3.07. The van der Waals surface area contributed by atoms with E-state index in [0.717, 1.165) is 23.2 Å². The molecule has 0 heterocycles. The van der Waals surface area contributed by atoms with E-state index in [4.69, 9.17) is 14.2 Å². The maximum Gasteiger partial charge on any atom is 0.153 e. The second-order valence-corrected chi connectivity index (χ2v) is 4.14. The molecule has 2 aromatic rings. The van der Waals surface area contributed by atoms with Crippen LogP contribution in [0, 0.1) is 0 Å². The summed E-state index contributed by atoms with van der Waals surface area (Å²) in [7, 11) is 4.75. The van der Waals surface area contributed by atoms with Crippen LogP contribution in [0.4, 0.5) is 0 Å². The average Bonchev–Trinajstić information content (AvgIpc) is 2.53. The van der Waals surface area contributed by atoms with Crippen molar-refractivity contribution >= 4 is 6.29 Å². The van der Waals surface area contributed by atoms with Crippen LogP contribution in [0.2, 0.25) is 0 Å². The smallest absolute Gasteiger partial charge is 0.153 e. The van der Waals surface area contributed by atoms with Crippen LogP contribution < -0.4 is 14.2 Å². The maximum atomic E-state index is 11.1. The molecule has 0 saturated carbocycles. The van der Waals surface area contributed by atoms with Gasteiger partial charge in [0.1, 0.15) is 17.2 Å². The highest BCUT2D eigenvalue weighted by Crippen LogP contribution is 2.35. The zero-order valence-electron chi connectivity index (χ0n) is 11.7. The zero-order chi connectivity index (χ0) is 14.5. The third-order valence-electron chi connectivity index (χ3n) is 3.07. The van der Waals surface area contributed by atoms with Gasteiger partial charge in [0.05, 0.1) is 26.9 Å². The molecular weight excluding hydrogens is 256 g/mol. The largest absolute Gasteiger partial charge is 0.497 e. The van der Waals surface area contributed by atoms with Gasteiger partial charge in [-0.1, -0.05) is 6.07 Å². The summed E-state index contributed by atoms with van der Waals surface area (Å²) in [4.78, 5) is 11.1. The van der Waals surface area contributed by atoms with E-state index >= 15 is 0 Å². The van der Waals surface area contributed by atoms with Gasteiger partial charge < -0.3 is 14.2 Å². The third kappa shape index (κ3) is 2.59. The topological polar surface area (TPSA) is 44.8 Å². The van der Waals surface area contributed by atoms with Gasteiger partial charge in [0.25, 0.3) is 0 Å². The van der Waals surface area contributed by atoms with E-state index in [-0.39, 0.29) is 0 Å². The Morgan fingerprint density at radius 3 is 2.15 bits per heavy atom. The lowest BCUT2D eigenvalue weighted by atomic mass is 10.0. The molecule has 0 bridgehead atoms. The number of hydrogen-bond donors (Lipinski definition) is 0. The molecule has 0 spiro atoms. The number of rotatable bonds is 5. The van der Waals surface area contributed by atoms with Crippen LogP contribution >= 0.6 is 0 Å². The summed E-state index contributed by atoms with van der Waals surface area (Å²) in [5.41, 5.74) is 2.22. The Balaban J connectivity index is 2.57. The van der Waals surface area contributed by atoms with Gasteiger partial charge >= 0.3 is 0 Å². The number of aldehydes is 1. The first-order chi connectivity index (χ1) is 9.73. The van der Waals surface area contributed by atoms with Gasteiger partial charge in [-0.15, -0.1) is 0 Å². The fourth-order valence-corrected chi connectivity index (χ4v) is 2.03. The van der Waals surface area contributed by atoms with Crippen LogP contribution in [0.3, 0.4) is 0 Å². The van der Waals surface area contributed by atoms with Gasteiger partial charge in [0.15, 0.2) is 6.29 Å². The molecule has 0 aliphatic rings. The summed E-state index contributed by atoms with van der Waals surface area (Å²) in [5.74, 6) is 1.99. The molecule has 20 heavy (non-hydrogen) atoms. The highest BCUT2D eigenvalue weighted by Gasteiger charge is 2.10. The number of carbonyl (C=O) groups excluding carboxylic acids is 1. The minimum atomic E-state index is 0.495. The minimum Gasteiger partial charge on any atom is -0.497 e. The second-order valence-electron chi connectivity index (χ2n) is 4.14. The lowest BCUT2D eigenvalue weighted by molar-refractivity contribution is 0.112. The molecule has 0 fully saturated rings. The van der Waals surface area contributed by atoms with Crippen molar-refractivity contribution in [2.75, 3.05) is 21.3 Å². The summed E-state index contributed by atoms with van der Waals surface area (Å²) in [6, 6.07) is 10.9. The molecule has 104 valence electrons. The van der Waals surface area contributed by atoms with Crippen molar-refractivity contribution in [2.24, 2.45) is 0 Å². The second kappa shape index (κ2) is 6.10. The maximum absolute atomic E-state index is 11.1. The van der Waals surface area contributed by atoms with Crippen LogP contribution in [-0.2, 0) is 0 Å². The fourth-order valence-electron chi connectivity index (χ4n) is 2.03. The molecule has 0 N–H and O–H groups in total. The predicted molar refractivity (Wildman–Crippen MR) is 76.9 cm³/mol. The van der Waals surface area contributed by atoms with Crippen molar-refractivity contribution in [1.29, 1.82) is 0 Å². The lowest BCUT2D eigenvalue weighted by Gasteiger charge is -2.12. The molecule has 0 unspecified atom stereocenters. The molecule has 0 aliphatic carbocycles. The first-order valence-electron chi connectivity index (χ1n) is 6.09. The Morgan fingerprint density at radius 1 is 0.850 bits per heavy atom. The Kier molecular flexibility index (Phi) is 4.25. The van der Waals surface area contributed by atoms with Gasteiger partial charge in [-0.05, 0) is 35.9 Å². The number of carbonyl (C=O) groups is 1. The van der Waals surface area contributed by atoms with Crippen molar-refractivity contribution in [1.82, 2.24) is 0 Å². The number of benzene rings is 2. The highest BCUT2D eigenvalue weighted by molar-refractivity contribution is 5.84. The van der Waals surface area contributed by atoms with Gasteiger partial charge in [0.2, 0.25) is 0 Å². The molecule has 0 aromatic heterocycles. The molecule has 0 amide bonds. The SMILES string of the molecule is COc1ccc(OC)c(-c2ccc(OC)c(C=O)c2)c1. The van der Waals surface area contributed by atoms with E-state index in [2.05, 4.69) is 0 Å². The van der Waals surface area contributed by atoms with Crippen LogP contribution in [0.5, 0.6) is 17.2 Å². The Hall–Kier alpha value is -2.49. The first kappa shape index (κ1) is 13.9. The molecule has 2 rings (SSSR count). The van der Waals surface area contributed by atoms with E-state index < -0.39 is 0 Å². The Labute approximate surface area is 117 Å². The van der Waals surface area contributed by atoms with Crippen LogP contribution in [0.1, 0.15) is 10.4 Å². The lowest BCUT2D eigenvalue weighted by Crippen LogP contribution is -1.93. The Bertz CT molecular complexity index is 620. The normalized spacial score (nSPS) is 9.95. The molecule has 0 saturated heterocycles. The fraction of sp³-hybridized carbons (Fsp3) is 0.188.